The number of carbonyl (C=O) groups excluding carboxylic acids is 3. The normalized spacial score (nSPS) is 11.2. The third kappa shape index (κ3) is 8.11. The van der Waals surface area contributed by atoms with Crippen LogP contribution in [0.3, 0.4) is 0 Å². The van der Waals surface area contributed by atoms with E-state index in [-0.39, 0.29) is 26.1 Å². The van der Waals surface area contributed by atoms with E-state index in [1.54, 1.807) is 0 Å². The Morgan fingerprint density at radius 1 is 1.21 bits per heavy atom. The highest BCUT2D eigenvalue weighted by atomic mass is 16.5. The molecule has 0 fully saturated rings. The van der Waals surface area contributed by atoms with E-state index in [0.29, 0.717) is 0 Å². The van der Waals surface area contributed by atoms with Gasteiger partial charge in [-0.3, -0.25) is 15.0 Å². The number of ether oxygens (including phenoxy) is 2. The average Bonchev–Trinajstić information content (AvgIpc) is 2.60. The van der Waals surface area contributed by atoms with Crippen molar-refractivity contribution in [2.75, 3.05) is 20.2 Å². The van der Waals surface area contributed by atoms with Crippen LogP contribution < -0.4 is 16.2 Å². The smallest absolute Gasteiger partial charge is 0.407 e. The van der Waals surface area contributed by atoms with Gasteiger partial charge in [0.05, 0.1) is 7.11 Å². The molecule has 0 bridgehead atoms. The molecule has 0 aliphatic rings. The number of aliphatic hydroxyl groups is 1. The van der Waals surface area contributed by atoms with Crippen LogP contribution in [0.4, 0.5) is 4.79 Å². The highest BCUT2D eigenvalue weighted by molar-refractivity contribution is 5.80. The summed E-state index contributed by atoms with van der Waals surface area (Å²) in [5.74, 6) is -1.29. The van der Waals surface area contributed by atoms with Gasteiger partial charge in [-0.2, -0.15) is 0 Å². The molecule has 1 rings (SSSR count). The van der Waals surface area contributed by atoms with E-state index in [1.807, 2.05) is 30.3 Å². The first-order valence-corrected chi connectivity index (χ1v) is 7.25. The zero-order valence-corrected chi connectivity index (χ0v) is 13.3. The second kappa shape index (κ2) is 11.0. The second-order valence-electron chi connectivity index (χ2n) is 4.71. The first-order chi connectivity index (χ1) is 11.5. The molecule has 1 aromatic carbocycles. The van der Waals surface area contributed by atoms with Gasteiger partial charge in [0.25, 0.3) is 5.91 Å². The minimum Gasteiger partial charge on any atom is -0.468 e. The summed E-state index contributed by atoms with van der Waals surface area (Å²) < 4.78 is 9.34. The second-order valence-corrected chi connectivity index (χ2v) is 4.71. The number of alkyl carbamates (subject to hydrolysis) is 1. The zero-order valence-electron chi connectivity index (χ0n) is 13.3. The number of benzene rings is 1. The van der Waals surface area contributed by atoms with Crippen LogP contribution in [0.1, 0.15) is 12.0 Å². The fourth-order valence-corrected chi connectivity index (χ4v) is 1.58. The predicted molar refractivity (Wildman–Crippen MR) is 83.4 cm³/mol. The Morgan fingerprint density at radius 2 is 1.92 bits per heavy atom. The molecule has 9 heteroatoms. The lowest BCUT2D eigenvalue weighted by atomic mass is 10.2. The van der Waals surface area contributed by atoms with Gasteiger partial charge in [0.2, 0.25) is 0 Å². The van der Waals surface area contributed by atoms with Crippen molar-refractivity contribution in [3.05, 3.63) is 35.9 Å². The van der Waals surface area contributed by atoms with Gasteiger partial charge in [-0.25, -0.2) is 10.2 Å². The number of nitrogens with one attached hydrogen (secondary N) is 3. The maximum absolute atomic E-state index is 11.5. The molecule has 0 spiro atoms. The Balaban J connectivity index is 2.13. The van der Waals surface area contributed by atoms with Crippen molar-refractivity contribution in [2.24, 2.45) is 0 Å². The summed E-state index contributed by atoms with van der Waals surface area (Å²) in [4.78, 5) is 33.8. The molecule has 9 nitrogen and oxygen atoms in total. The summed E-state index contributed by atoms with van der Waals surface area (Å²) in [6, 6.07) is 9.17. The summed E-state index contributed by atoms with van der Waals surface area (Å²) >= 11 is 0. The minimum atomic E-state index is -1.34. The van der Waals surface area contributed by atoms with Gasteiger partial charge in [0.15, 0.2) is 0 Å². The van der Waals surface area contributed by atoms with E-state index >= 15 is 0 Å². The van der Waals surface area contributed by atoms with Crippen molar-refractivity contribution < 1.29 is 29.0 Å². The molecule has 4 N–H and O–H groups in total. The van der Waals surface area contributed by atoms with Crippen molar-refractivity contribution >= 4 is 18.0 Å². The molecule has 1 unspecified atom stereocenters. The fraction of sp³-hybridized carbons (Fsp3) is 0.400. The van der Waals surface area contributed by atoms with Crippen LogP contribution >= 0.6 is 0 Å². The average molecular weight is 339 g/mol. The van der Waals surface area contributed by atoms with Crippen molar-refractivity contribution in [1.82, 2.24) is 16.2 Å². The molecule has 0 radical (unpaired) electrons. The molecule has 0 aromatic heterocycles. The molecule has 132 valence electrons. The number of hydrogen-bond acceptors (Lipinski definition) is 7. The molecule has 0 saturated carbocycles. The lowest BCUT2D eigenvalue weighted by molar-refractivity contribution is -0.140. The molecule has 1 aromatic rings. The lowest BCUT2D eigenvalue weighted by Crippen LogP contribution is -2.46. The quantitative estimate of drug-likeness (QED) is 0.351. The number of hydrazine groups is 1. The van der Waals surface area contributed by atoms with E-state index in [9.17, 15) is 19.5 Å². The molecule has 2 amide bonds. The standard InChI is InChI=1S/C15H21N3O6/c1-23-13(20)9-17-18-14(21)12(19)7-8-16-15(22)24-10-11-5-3-2-4-6-11/h2-6,12,17,19H,7-10H2,1H3,(H,16,22)(H,18,21). The van der Waals surface area contributed by atoms with Crippen LogP contribution in [0.2, 0.25) is 0 Å². The molecule has 1 atom stereocenters. The van der Waals surface area contributed by atoms with Crippen LogP contribution in [0.25, 0.3) is 0 Å². The van der Waals surface area contributed by atoms with Gasteiger partial charge in [0.1, 0.15) is 19.3 Å². The van der Waals surface area contributed by atoms with E-state index in [0.717, 1.165) is 5.56 Å². The number of methoxy groups -OCH3 is 1. The molecular formula is C15H21N3O6. The topological polar surface area (TPSA) is 126 Å². The number of esters is 1. The van der Waals surface area contributed by atoms with E-state index in [4.69, 9.17) is 4.74 Å². The first kappa shape index (κ1) is 19.4. The Morgan fingerprint density at radius 3 is 2.58 bits per heavy atom. The summed E-state index contributed by atoms with van der Waals surface area (Å²) in [6.07, 6.45) is -1.99. The third-order valence-electron chi connectivity index (χ3n) is 2.87. The predicted octanol–water partition coefficient (Wildman–Crippen LogP) is -0.542. The molecule has 24 heavy (non-hydrogen) atoms. The van der Waals surface area contributed by atoms with Crippen molar-refractivity contribution in [3.63, 3.8) is 0 Å². The maximum atomic E-state index is 11.5. The van der Waals surface area contributed by atoms with Gasteiger partial charge < -0.3 is 19.9 Å². The van der Waals surface area contributed by atoms with Crippen molar-refractivity contribution in [1.29, 1.82) is 0 Å². The van der Waals surface area contributed by atoms with E-state index < -0.39 is 24.1 Å². The first-order valence-electron chi connectivity index (χ1n) is 7.25. The van der Waals surface area contributed by atoms with Crippen LogP contribution in [-0.4, -0.2) is 49.4 Å². The summed E-state index contributed by atoms with van der Waals surface area (Å²) in [7, 11) is 1.21. The van der Waals surface area contributed by atoms with Gasteiger partial charge >= 0.3 is 12.1 Å². The molecule has 0 aliphatic heterocycles. The minimum absolute atomic E-state index is 0.00776. The van der Waals surface area contributed by atoms with Crippen molar-refractivity contribution in [3.8, 4) is 0 Å². The molecular weight excluding hydrogens is 318 g/mol. The summed E-state index contributed by atoms with van der Waals surface area (Å²) in [5.41, 5.74) is 5.31. The van der Waals surface area contributed by atoms with E-state index in [2.05, 4.69) is 20.9 Å². The van der Waals surface area contributed by atoms with Crippen LogP contribution in [0.15, 0.2) is 30.3 Å². The number of aliphatic hydroxyl groups excluding tert-OH is 1. The van der Waals surface area contributed by atoms with Gasteiger partial charge in [-0.05, 0) is 12.0 Å². The number of amides is 2. The van der Waals surface area contributed by atoms with E-state index in [1.165, 1.54) is 7.11 Å². The Bertz CT molecular complexity index is 537. The van der Waals surface area contributed by atoms with Crippen LogP contribution in [-0.2, 0) is 25.7 Å². The summed E-state index contributed by atoms with van der Waals surface area (Å²) in [5, 5.41) is 12.0. The summed E-state index contributed by atoms with van der Waals surface area (Å²) in [6.45, 7) is -0.0363. The van der Waals surface area contributed by atoms with Crippen LogP contribution in [0.5, 0.6) is 0 Å². The largest absolute Gasteiger partial charge is 0.468 e. The Hall–Kier alpha value is -2.65. The number of rotatable bonds is 9. The van der Waals surface area contributed by atoms with Gasteiger partial charge in [-0.15, -0.1) is 0 Å². The highest BCUT2D eigenvalue weighted by Crippen LogP contribution is 2.00. The third-order valence-corrected chi connectivity index (χ3v) is 2.87. The van der Waals surface area contributed by atoms with Gasteiger partial charge in [-0.1, -0.05) is 30.3 Å². The van der Waals surface area contributed by atoms with Gasteiger partial charge in [0, 0.05) is 6.54 Å². The monoisotopic (exact) mass is 339 g/mol. The molecule has 0 saturated heterocycles. The molecule has 0 aliphatic carbocycles. The lowest BCUT2D eigenvalue weighted by Gasteiger charge is -2.12. The highest BCUT2D eigenvalue weighted by Gasteiger charge is 2.15. The Labute approximate surface area is 139 Å². The van der Waals surface area contributed by atoms with Crippen LogP contribution in [0, 0.1) is 0 Å². The SMILES string of the molecule is COC(=O)CNNC(=O)C(O)CCNC(=O)OCc1ccccc1. The maximum Gasteiger partial charge on any atom is 0.407 e. The molecule has 0 heterocycles. The number of hydrogen-bond donors (Lipinski definition) is 4. The number of carbonyl (C=O) groups is 3. The zero-order chi connectivity index (χ0) is 17.8. The fourth-order valence-electron chi connectivity index (χ4n) is 1.58. The Kier molecular flexibility index (Phi) is 8.87. The van der Waals surface area contributed by atoms with Crippen molar-refractivity contribution in [2.45, 2.75) is 19.1 Å².